The summed E-state index contributed by atoms with van der Waals surface area (Å²) in [6, 6.07) is 6.21. The molecule has 0 atom stereocenters. The summed E-state index contributed by atoms with van der Waals surface area (Å²) in [5.74, 6) is 2.08. The molecule has 0 N–H and O–H groups in total. The highest BCUT2D eigenvalue weighted by Gasteiger charge is 2.12. The van der Waals surface area contributed by atoms with Crippen molar-refractivity contribution < 1.29 is 4.74 Å². The number of benzene rings is 1. The lowest BCUT2D eigenvalue weighted by Crippen LogP contribution is -1.98. The number of halogens is 1. The number of rotatable bonds is 4. The van der Waals surface area contributed by atoms with Gasteiger partial charge >= 0.3 is 0 Å². The van der Waals surface area contributed by atoms with E-state index in [2.05, 4.69) is 35.9 Å². The van der Waals surface area contributed by atoms with Gasteiger partial charge in [0.05, 0.1) is 5.88 Å². The molecule has 2 rings (SSSR count). The molecule has 3 nitrogen and oxygen atoms in total. The molecule has 19 heavy (non-hydrogen) atoms. The third kappa shape index (κ3) is 3.24. The van der Waals surface area contributed by atoms with E-state index in [9.17, 15) is 0 Å². The number of nitrogens with zero attached hydrogens (tertiary/aromatic N) is 2. The molecule has 0 aliphatic heterocycles. The molecule has 0 amide bonds. The second kappa shape index (κ2) is 6.02. The SMILES string of the molecule is Cc1ccc(C(C)C)c(Oc2ncncc2CCl)c1. The third-order valence-corrected chi connectivity index (χ3v) is 3.18. The van der Waals surface area contributed by atoms with Crippen molar-refractivity contribution in [2.75, 3.05) is 0 Å². The zero-order valence-electron chi connectivity index (χ0n) is 11.4. The first-order valence-corrected chi connectivity index (χ1v) is 6.78. The summed E-state index contributed by atoms with van der Waals surface area (Å²) in [7, 11) is 0. The van der Waals surface area contributed by atoms with Crippen LogP contribution in [0, 0.1) is 6.92 Å². The molecule has 0 aliphatic rings. The largest absolute Gasteiger partial charge is 0.438 e. The molecule has 100 valence electrons. The van der Waals surface area contributed by atoms with E-state index in [1.807, 2.05) is 13.0 Å². The average Bonchev–Trinajstić information content (AvgIpc) is 2.39. The van der Waals surface area contributed by atoms with E-state index >= 15 is 0 Å². The zero-order valence-corrected chi connectivity index (χ0v) is 12.1. The van der Waals surface area contributed by atoms with Gasteiger partial charge < -0.3 is 4.74 Å². The van der Waals surface area contributed by atoms with Crippen LogP contribution >= 0.6 is 11.6 Å². The van der Waals surface area contributed by atoms with Gasteiger partial charge in [0, 0.05) is 11.8 Å². The molecule has 0 bridgehead atoms. The standard InChI is InChI=1S/C15H17ClN2O/c1-10(2)13-5-4-11(3)6-14(13)19-15-12(7-16)8-17-9-18-15/h4-6,8-10H,7H2,1-3H3. The van der Waals surface area contributed by atoms with Crippen molar-refractivity contribution in [2.24, 2.45) is 0 Å². The van der Waals surface area contributed by atoms with E-state index in [4.69, 9.17) is 16.3 Å². The van der Waals surface area contributed by atoms with Crippen LogP contribution in [0.4, 0.5) is 0 Å². The minimum Gasteiger partial charge on any atom is -0.438 e. The van der Waals surface area contributed by atoms with Crippen molar-refractivity contribution in [2.45, 2.75) is 32.6 Å². The van der Waals surface area contributed by atoms with Crippen LogP contribution in [0.1, 0.15) is 36.5 Å². The predicted molar refractivity (Wildman–Crippen MR) is 76.9 cm³/mol. The number of aryl methyl sites for hydroxylation is 1. The second-order valence-electron chi connectivity index (χ2n) is 4.78. The molecule has 2 aromatic rings. The van der Waals surface area contributed by atoms with Crippen molar-refractivity contribution in [1.82, 2.24) is 9.97 Å². The van der Waals surface area contributed by atoms with Gasteiger partial charge in [0.25, 0.3) is 0 Å². The molecule has 0 unspecified atom stereocenters. The summed E-state index contributed by atoms with van der Waals surface area (Å²) in [5, 5.41) is 0. The number of ether oxygens (including phenoxy) is 1. The van der Waals surface area contributed by atoms with Crippen LogP contribution in [0.5, 0.6) is 11.6 Å². The van der Waals surface area contributed by atoms with Gasteiger partial charge in [-0.15, -0.1) is 11.6 Å². The predicted octanol–water partition coefficient (Wildman–Crippen LogP) is 4.44. The minimum absolute atomic E-state index is 0.332. The van der Waals surface area contributed by atoms with Gasteiger partial charge in [-0.2, -0.15) is 0 Å². The summed E-state index contributed by atoms with van der Waals surface area (Å²) in [6.45, 7) is 6.32. The molecule has 4 heteroatoms. The zero-order chi connectivity index (χ0) is 13.8. The lowest BCUT2D eigenvalue weighted by atomic mass is 10.0. The fourth-order valence-electron chi connectivity index (χ4n) is 1.84. The van der Waals surface area contributed by atoms with Crippen molar-refractivity contribution >= 4 is 11.6 Å². The van der Waals surface area contributed by atoms with Crippen molar-refractivity contribution in [3.05, 3.63) is 47.4 Å². The third-order valence-electron chi connectivity index (χ3n) is 2.89. The van der Waals surface area contributed by atoms with Crippen LogP contribution in [-0.2, 0) is 5.88 Å². The molecule has 0 fully saturated rings. The van der Waals surface area contributed by atoms with Crippen LogP contribution in [0.15, 0.2) is 30.7 Å². The van der Waals surface area contributed by atoms with Crippen molar-refractivity contribution in [1.29, 1.82) is 0 Å². The first kappa shape index (κ1) is 13.8. The minimum atomic E-state index is 0.332. The van der Waals surface area contributed by atoms with Crippen LogP contribution in [-0.4, -0.2) is 9.97 Å². The molecular weight excluding hydrogens is 260 g/mol. The van der Waals surface area contributed by atoms with Gasteiger partial charge in [0.1, 0.15) is 12.1 Å². The van der Waals surface area contributed by atoms with Gasteiger partial charge in [-0.3, -0.25) is 0 Å². The normalized spacial score (nSPS) is 10.8. The summed E-state index contributed by atoms with van der Waals surface area (Å²) >= 11 is 5.87. The Morgan fingerprint density at radius 2 is 2.11 bits per heavy atom. The van der Waals surface area contributed by atoms with Crippen molar-refractivity contribution in [3.63, 3.8) is 0 Å². The van der Waals surface area contributed by atoms with Gasteiger partial charge in [0.2, 0.25) is 5.88 Å². The Bertz CT molecular complexity index is 570. The Morgan fingerprint density at radius 1 is 1.32 bits per heavy atom. The number of alkyl halides is 1. The molecule has 0 radical (unpaired) electrons. The van der Waals surface area contributed by atoms with E-state index in [0.29, 0.717) is 17.7 Å². The highest BCUT2D eigenvalue weighted by Crippen LogP contribution is 2.32. The molecule has 0 aliphatic carbocycles. The summed E-state index contributed by atoms with van der Waals surface area (Å²) < 4.78 is 5.94. The Balaban J connectivity index is 2.39. The number of aromatic nitrogens is 2. The first-order valence-electron chi connectivity index (χ1n) is 6.25. The maximum Gasteiger partial charge on any atom is 0.226 e. The second-order valence-corrected chi connectivity index (χ2v) is 5.05. The maximum atomic E-state index is 5.94. The van der Waals surface area contributed by atoms with E-state index in [-0.39, 0.29) is 0 Å². The van der Waals surface area contributed by atoms with Crippen LogP contribution in [0.2, 0.25) is 0 Å². The highest BCUT2D eigenvalue weighted by molar-refractivity contribution is 6.17. The van der Waals surface area contributed by atoms with Crippen LogP contribution in [0.3, 0.4) is 0 Å². The van der Waals surface area contributed by atoms with Crippen LogP contribution < -0.4 is 4.74 Å². The smallest absolute Gasteiger partial charge is 0.226 e. The molecule has 1 aromatic heterocycles. The Labute approximate surface area is 118 Å². The fourth-order valence-corrected chi connectivity index (χ4v) is 2.03. The Morgan fingerprint density at radius 3 is 2.79 bits per heavy atom. The molecule has 1 aromatic carbocycles. The number of hydrogen-bond acceptors (Lipinski definition) is 3. The van der Waals surface area contributed by atoms with Gasteiger partial charge in [-0.25, -0.2) is 9.97 Å². The Kier molecular flexibility index (Phi) is 4.38. The highest BCUT2D eigenvalue weighted by atomic mass is 35.5. The van der Waals surface area contributed by atoms with Gasteiger partial charge in [-0.05, 0) is 30.0 Å². The van der Waals surface area contributed by atoms with Gasteiger partial charge in [-0.1, -0.05) is 26.0 Å². The molecule has 0 spiro atoms. The quantitative estimate of drug-likeness (QED) is 0.775. The van der Waals surface area contributed by atoms with E-state index in [1.54, 1.807) is 6.20 Å². The average molecular weight is 277 g/mol. The fraction of sp³-hybridized carbons (Fsp3) is 0.333. The monoisotopic (exact) mass is 276 g/mol. The summed E-state index contributed by atoms with van der Waals surface area (Å²) in [4.78, 5) is 8.11. The Hall–Kier alpha value is -1.61. The maximum absolute atomic E-state index is 5.94. The molecular formula is C15H17ClN2O. The van der Waals surface area contributed by atoms with Gasteiger partial charge in [0.15, 0.2) is 0 Å². The lowest BCUT2D eigenvalue weighted by molar-refractivity contribution is 0.448. The van der Waals surface area contributed by atoms with E-state index in [0.717, 1.165) is 22.4 Å². The van der Waals surface area contributed by atoms with E-state index < -0.39 is 0 Å². The lowest BCUT2D eigenvalue weighted by Gasteiger charge is -2.15. The van der Waals surface area contributed by atoms with Crippen LogP contribution in [0.25, 0.3) is 0 Å². The topological polar surface area (TPSA) is 35.0 Å². The summed E-state index contributed by atoms with van der Waals surface area (Å²) in [5.41, 5.74) is 3.10. The first-order chi connectivity index (χ1) is 9.11. The van der Waals surface area contributed by atoms with Crippen molar-refractivity contribution in [3.8, 4) is 11.6 Å². The summed E-state index contributed by atoms with van der Waals surface area (Å²) in [6.07, 6.45) is 3.15. The molecule has 0 saturated heterocycles. The number of hydrogen-bond donors (Lipinski definition) is 0. The van der Waals surface area contributed by atoms with E-state index in [1.165, 1.54) is 6.33 Å². The molecule has 0 saturated carbocycles. The molecule has 1 heterocycles.